The van der Waals surface area contributed by atoms with Crippen LogP contribution in [0.2, 0.25) is 5.02 Å². The maximum absolute atomic E-state index is 13.0. The van der Waals surface area contributed by atoms with Crippen LogP contribution in [0, 0.1) is 5.82 Å². The van der Waals surface area contributed by atoms with E-state index in [9.17, 15) is 14.3 Å². The molecule has 0 aliphatic carbocycles. The van der Waals surface area contributed by atoms with Gasteiger partial charge in [0.15, 0.2) is 11.0 Å². The van der Waals surface area contributed by atoms with Gasteiger partial charge < -0.3 is 9.52 Å². The number of hydrogen-bond acceptors (Lipinski definition) is 3. The number of fused-ring (bicyclic) bond motifs is 1. The van der Waals surface area contributed by atoms with Crippen LogP contribution in [0.5, 0.6) is 5.75 Å². The van der Waals surface area contributed by atoms with E-state index in [2.05, 4.69) is 0 Å². The Morgan fingerprint density at radius 1 is 1.15 bits per heavy atom. The van der Waals surface area contributed by atoms with Crippen LogP contribution in [0.3, 0.4) is 0 Å². The standard InChI is InChI=1S/C15H8ClFO3/c16-11-3-1-2-10-13(19)7-14(20-15(10)11)9-5-4-8(17)6-12(9)18/h1-7,18H. The Kier molecular flexibility index (Phi) is 2.95. The van der Waals surface area contributed by atoms with Crippen LogP contribution in [-0.4, -0.2) is 5.11 Å². The van der Waals surface area contributed by atoms with Crippen molar-refractivity contribution in [2.75, 3.05) is 0 Å². The molecule has 5 heteroatoms. The fourth-order valence-electron chi connectivity index (χ4n) is 1.99. The van der Waals surface area contributed by atoms with Crippen LogP contribution in [0.1, 0.15) is 0 Å². The van der Waals surface area contributed by atoms with Crippen molar-refractivity contribution in [1.82, 2.24) is 0 Å². The number of para-hydroxylation sites is 1. The average molecular weight is 291 g/mol. The van der Waals surface area contributed by atoms with E-state index in [0.29, 0.717) is 10.4 Å². The van der Waals surface area contributed by atoms with Crippen LogP contribution in [0.15, 0.2) is 51.7 Å². The highest BCUT2D eigenvalue weighted by molar-refractivity contribution is 6.34. The average Bonchev–Trinajstić information content (AvgIpc) is 2.40. The first-order valence-corrected chi connectivity index (χ1v) is 6.15. The van der Waals surface area contributed by atoms with Gasteiger partial charge in [-0.2, -0.15) is 0 Å². The van der Waals surface area contributed by atoms with Gasteiger partial charge in [-0.25, -0.2) is 4.39 Å². The van der Waals surface area contributed by atoms with Crippen LogP contribution in [-0.2, 0) is 0 Å². The van der Waals surface area contributed by atoms with Crippen molar-refractivity contribution >= 4 is 22.6 Å². The fourth-order valence-corrected chi connectivity index (χ4v) is 2.20. The van der Waals surface area contributed by atoms with E-state index in [0.717, 1.165) is 6.07 Å². The molecule has 0 amide bonds. The second-order valence-electron chi connectivity index (χ2n) is 4.25. The summed E-state index contributed by atoms with van der Waals surface area (Å²) in [6.07, 6.45) is 0. The molecule has 0 saturated carbocycles. The first-order valence-electron chi connectivity index (χ1n) is 5.77. The highest BCUT2D eigenvalue weighted by Crippen LogP contribution is 2.32. The summed E-state index contributed by atoms with van der Waals surface area (Å²) in [7, 11) is 0. The highest BCUT2D eigenvalue weighted by atomic mass is 35.5. The monoisotopic (exact) mass is 290 g/mol. The van der Waals surface area contributed by atoms with Gasteiger partial charge in [-0.15, -0.1) is 0 Å². The van der Waals surface area contributed by atoms with E-state index in [1.165, 1.54) is 18.2 Å². The van der Waals surface area contributed by atoms with Crippen molar-refractivity contribution in [3.05, 3.63) is 63.5 Å². The second-order valence-corrected chi connectivity index (χ2v) is 4.66. The normalized spacial score (nSPS) is 10.9. The zero-order valence-electron chi connectivity index (χ0n) is 10.1. The van der Waals surface area contributed by atoms with E-state index in [-0.39, 0.29) is 28.1 Å². The van der Waals surface area contributed by atoms with Gasteiger partial charge in [0.25, 0.3) is 0 Å². The molecule has 0 aliphatic heterocycles. The number of phenolic OH excluding ortho intramolecular Hbond substituents is 1. The molecular weight excluding hydrogens is 283 g/mol. The molecule has 1 N–H and O–H groups in total. The molecule has 0 atom stereocenters. The molecule has 1 heterocycles. The Labute approximate surface area is 117 Å². The Morgan fingerprint density at radius 2 is 1.95 bits per heavy atom. The van der Waals surface area contributed by atoms with E-state index < -0.39 is 5.82 Å². The maximum atomic E-state index is 13.0. The quantitative estimate of drug-likeness (QED) is 0.738. The number of halogens is 2. The summed E-state index contributed by atoms with van der Waals surface area (Å²) in [5.74, 6) is -0.750. The number of hydrogen-bond donors (Lipinski definition) is 1. The van der Waals surface area contributed by atoms with Crippen molar-refractivity contribution in [3.63, 3.8) is 0 Å². The number of aromatic hydroxyl groups is 1. The molecule has 3 nitrogen and oxygen atoms in total. The largest absolute Gasteiger partial charge is 0.507 e. The topological polar surface area (TPSA) is 50.4 Å². The van der Waals surface area contributed by atoms with E-state index in [4.69, 9.17) is 16.0 Å². The van der Waals surface area contributed by atoms with Crippen LogP contribution in [0.25, 0.3) is 22.3 Å². The minimum Gasteiger partial charge on any atom is -0.507 e. The minimum atomic E-state index is -0.576. The molecule has 3 rings (SSSR count). The van der Waals surface area contributed by atoms with Gasteiger partial charge in [-0.05, 0) is 24.3 Å². The maximum Gasteiger partial charge on any atom is 0.193 e. The highest BCUT2D eigenvalue weighted by Gasteiger charge is 2.12. The van der Waals surface area contributed by atoms with Gasteiger partial charge >= 0.3 is 0 Å². The lowest BCUT2D eigenvalue weighted by Crippen LogP contribution is -2.00. The van der Waals surface area contributed by atoms with Gasteiger partial charge in [-0.3, -0.25) is 4.79 Å². The van der Waals surface area contributed by atoms with Gasteiger partial charge in [0.1, 0.15) is 17.3 Å². The van der Waals surface area contributed by atoms with Gasteiger partial charge in [0, 0.05) is 12.1 Å². The van der Waals surface area contributed by atoms with Crippen molar-refractivity contribution in [3.8, 4) is 17.1 Å². The third-order valence-electron chi connectivity index (χ3n) is 2.93. The summed E-state index contributed by atoms with van der Waals surface area (Å²) < 4.78 is 18.6. The second kappa shape index (κ2) is 4.65. The zero-order chi connectivity index (χ0) is 14.3. The molecule has 20 heavy (non-hydrogen) atoms. The Balaban J connectivity index is 2.32. The molecule has 0 spiro atoms. The Morgan fingerprint density at radius 3 is 2.70 bits per heavy atom. The Hall–Kier alpha value is -2.33. The van der Waals surface area contributed by atoms with Crippen molar-refractivity contribution in [2.45, 2.75) is 0 Å². The van der Waals surface area contributed by atoms with Crippen molar-refractivity contribution in [1.29, 1.82) is 0 Å². The minimum absolute atomic E-state index is 0.133. The summed E-state index contributed by atoms with van der Waals surface area (Å²) in [5.41, 5.74) is 0.179. The number of rotatable bonds is 1. The summed E-state index contributed by atoms with van der Waals surface area (Å²) in [5, 5.41) is 10.4. The van der Waals surface area contributed by atoms with Gasteiger partial charge in [-0.1, -0.05) is 17.7 Å². The van der Waals surface area contributed by atoms with Crippen molar-refractivity contribution in [2.24, 2.45) is 0 Å². The van der Waals surface area contributed by atoms with Crippen LogP contribution >= 0.6 is 11.6 Å². The third-order valence-corrected chi connectivity index (χ3v) is 3.23. The molecule has 0 aliphatic rings. The van der Waals surface area contributed by atoms with Crippen LogP contribution < -0.4 is 5.43 Å². The molecular formula is C15H8ClFO3. The summed E-state index contributed by atoms with van der Waals surface area (Å²) in [6, 6.07) is 9.55. The smallest absolute Gasteiger partial charge is 0.193 e. The summed E-state index contributed by atoms with van der Waals surface area (Å²) in [4.78, 5) is 12.0. The molecule has 0 fully saturated rings. The van der Waals surface area contributed by atoms with Crippen molar-refractivity contribution < 1.29 is 13.9 Å². The lowest BCUT2D eigenvalue weighted by molar-refractivity contribution is 0.468. The van der Waals surface area contributed by atoms with E-state index >= 15 is 0 Å². The van der Waals surface area contributed by atoms with Crippen LogP contribution in [0.4, 0.5) is 4.39 Å². The third kappa shape index (κ3) is 2.04. The van der Waals surface area contributed by atoms with Gasteiger partial charge in [0.2, 0.25) is 0 Å². The lowest BCUT2D eigenvalue weighted by Gasteiger charge is -2.06. The number of phenols is 1. The lowest BCUT2D eigenvalue weighted by atomic mass is 10.1. The predicted octanol–water partition coefficient (Wildman–Crippen LogP) is 3.96. The molecule has 0 radical (unpaired) electrons. The first kappa shape index (κ1) is 12.7. The first-order chi connectivity index (χ1) is 9.56. The molecule has 100 valence electrons. The fraction of sp³-hybridized carbons (Fsp3) is 0. The summed E-state index contributed by atoms with van der Waals surface area (Å²) >= 11 is 6.00. The SMILES string of the molecule is O=c1cc(-c2ccc(F)cc2O)oc2c(Cl)cccc12. The predicted molar refractivity (Wildman–Crippen MR) is 74.6 cm³/mol. The van der Waals surface area contributed by atoms with Gasteiger partial charge in [0.05, 0.1) is 16.0 Å². The van der Waals surface area contributed by atoms with E-state index in [1.807, 2.05) is 0 Å². The molecule has 2 aromatic carbocycles. The van der Waals surface area contributed by atoms with E-state index in [1.54, 1.807) is 18.2 Å². The molecule has 3 aromatic rings. The number of benzene rings is 2. The molecule has 0 saturated heterocycles. The molecule has 0 unspecified atom stereocenters. The molecule has 1 aromatic heterocycles. The summed E-state index contributed by atoms with van der Waals surface area (Å²) in [6.45, 7) is 0. The Bertz CT molecular complexity index is 871. The molecule has 0 bridgehead atoms. The zero-order valence-corrected chi connectivity index (χ0v) is 10.8.